The van der Waals surface area contributed by atoms with Crippen LogP contribution in [0.25, 0.3) is 0 Å². The number of methoxy groups -OCH3 is 1. The molecule has 30 heavy (non-hydrogen) atoms. The monoisotopic (exact) mass is 421 g/mol. The lowest BCUT2D eigenvalue weighted by Crippen LogP contribution is -2.75. The van der Waals surface area contributed by atoms with E-state index in [1.54, 1.807) is 4.90 Å². The molecule has 3 amide bonds. The first kappa shape index (κ1) is 21.2. The van der Waals surface area contributed by atoms with Crippen molar-refractivity contribution in [2.45, 2.75) is 77.5 Å². The molecule has 3 aliphatic carbocycles. The quantitative estimate of drug-likeness (QED) is 0.652. The highest BCUT2D eigenvalue weighted by Crippen LogP contribution is 2.73. The summed E-state index contributed by atoms with van der Waals surface area (Å²) in [4.78, 5) is 43.3. The van der Waals surface area contributed by atoms with Gasteiger partial charge in [0.2, 0.25) is 0 Å². The first-order valence-corrected chi connectivity index (χ1v) is 10.9. The minimum atomic E-state index is -0.524. The zero-order valence-electron chi connectivity index (χ0n) is 19.1. The van der Waals surface area contributed by atoms with Gasteiger partial charge in [-0.1, -0.05) is 0 Å². The molecule has 8 heteroatoms. The molecule has 0 N–H and O–H groups in total. The lowest BCUT2D eigenvalue weighted by Gasteiger charge is -2.74. The molecular weight excluding hydrogens is 386 g/mol. The maximum Gasteiger partial charge on any atom is 0.410 e. The standard InChI is InChI=1S/C22H35N3O5/c1-19(2,3)30-18(28)23-7-8-24-15(9-23)10-25(17(24)27)22-12-21(13-22,14-22)11-20(4,5)16(26)29-6/h15H,7-14H2,1-6H3/t15-,21?,22?/m0/s1. The molecule has 0 aromatic carbocycles. The first-order chi connectivity index (χ1) is 13.8. The topological polar surface area (TPSA) is 79.4 Å². The number of piperazine rings is 1. The zero-order chi connectivity index (χ0) is 22.1. The Morgan fingerprint density at radius 2 is 1.70 bits per heavy atom. The number of carbonyl (C=O) groups is 3. The van der Waals surface area contributed by atoms with Crippen molar-refractivity contribution in [3.8, 4) is 0 Å². The van der Waals surface area contributed by atoms with Gasteiger partial charge in [-0.15, -0.1) is 0 Å². The van der Waals surface area contributed by atoms with Crippen LogP contribution in [0.2, 0.25) is 0 Å². The molecule has 0 aromatic heterocycles. The van der Waals surface area contributed by atoms with E-state index in [2.05, 4.69) is 0 Å². The number of esters is 1. The predicted octanol–water partition coefficient (Wildman–Crippen LogP) is 2.86. The van der Waals surface area contributed by atoms with Crippen molar-refractivity contribution < 1.29 is 23.9 Å². The van der Waals surface area contributed by atoms with Crippen LogP contribution in [0.5, 0.6) is 0 Å². The number of ether oxygens (including phenoxy) is 2. The van der Waals surface area contributed by atoms with Crippen LogP contribution in [0, 0.1) is 10.8 Å². The largest absolute Gasteiger partial charge is 0.469 e. The molecule has 5 aliphatic rings. The van der Waals surface area contributed by atoms with Gasteiger partial charge >= 0.3 is 18.1 Å². The average molecular weight is 422 g/mol. The lowest BCUT2D eigenvalue weighted by molar-refractivity contribution is -0.218. The van der Waals surface area contributed by atoms with Crippen LogP contribution in [0.3, 0.4) is 0 Å². The Hall–Kier alpha value is -1.99. The minimum Gasteiger partial charge on any atom is -0.469 e. The van der Waals surface area contributed by atoms with Crippen molar-refractivity contribution >= 4 is 18.1 Å². The number of hydrogen-bond donors (Lipinski definition) is 0. The summed E-state index contributed by atoms with van der Waals surface area (Å²) in [7, 11) is 1.44. The second-order valence-electron chi connectivity index (χ2n) is 11.5. The average Bonchev–Trinajstić information content (AvgIpc) is 2.90. The second-order valence-corrected chi connectivity index (χ2v) is 11.5. The van der Waals surface area contributed by atoms with Crippen molar-refractivity contribution in [1.29, 1.82) is 0 Å². The molecule has 1 atom stereocenters. The van der Waals surface area contributed by atoms with E-state index in [9.17, 15) is 14.4 Å². The van der Waals surface area contributed by atoms with Crippen LogP contribution in [0.15, 0.2) is 0 Å². The predicted molar refractivity (Wildman–Crippen MR) is 110 cm³/mol. The smallest absolute Gasteiger partial charge is 0.410 e. The molecule has 0 aromatic rings. The third-order valence-electron chi connectivity index (χ3n) is 7.24. The van der Waals surface area contributed by atoms with E-state index >= 15 is 0 Å². The Morgan fingerprint density at radius 1 is 1.07 bits per heavy atom. The number of hydrogen-bond acceptors (Lipinski definition) is 5. The summed E-state index contributed by atoms with van der Waals surface area (Å²) in [6, 6.07) is 0.125. The van der Waals surface area contributed by atoms with Crippen LogP contribution in [0.4, 0.5) is 9.59 Å². The summed E-state index contributed by atoms with van der Waals surface area (Å²) in [5.41, 5.74) is -0.924. The zero-order valence-corrected chi connectivity index (χ0v) is 19.1. The van der Waals surface area contributed by atoms with E-state index < -0.39 is 11.0 Å². The Balaban J connectivity index is 1.35. The highest BCUT2D eigenvalue weighted by molar-refractivity contribution is 5.80. The Bertz CT molecular complexity index is 751. The SMILES string of the molecule is COC(=O)C(C)(C)CC12CC(N3C[C@@H]4CN(C(=O)OC(C)(C)C)CCN4C3=O)(C1)C2. The van der Waals surface area contributed by atoms with Crippen molar-refractivity contribution in [3.05, 3.63) is 0 Å². The van der Waals surface area contributed by atoms with Gasteiger partial charge in [0.05, 0.1) is 18.6 Å². The summed E-state index contributed by atoms with van der Waals surface area (Å²) in [6.45, 7) is 11.7. The Labute approximate surface area is 178 Å². The van der Waals surface area contributed by atoms with Crippen molar-refractivity contribution in [2.24, 2.45) is 10.8 Å². The van der Waals surface area contributed by atoms with E-state index in [0.717, 1.165) is 25.7 Å². The molecule has 2 heterocycles. The van der Waals surface area contributed by atoms with Gasteiger partial charge in [-0.05, 0) is 65.7 Å². The molecule has 0 unspecified atom stereocenters. The van der Waals surface area contributed by atoms with Crippen LogP contribution in [0.1, 0.15) is 60.3 Å². The van der Waals surface area contributed by atoms with Gasteiger partial charge < -0.3 is 24.2 Å². The summed E-state index contributed by atoms with van der Waals surface area (Å²) >= 11 is 0. The van der Waals surface area contributed by atoms with Gasteiger partial charge in [-0.25, -0.2) is 9.59 Å². The summed E-state index contributed by atoms with van der Waals surface area (Å²) < 4.78 is 10.5. The van der Waals surface area contributed by atoms with Gasteiger partial charge in [-0.2, -0.15) is 0 Å². The molecule has 0 radical (unpaired) electrons. The molecule has 2 bridgehead atoms. The number of fused-ring (bicyclic) bond motifs is 1. The van der Waals surface area contributed by atoms with Crippen molar-refractivity contribution in [1.82, 2.24) is 14.7 Å². The second kappa shape index (κ2) is 6.50. The fraction of sp³-hybridized carbons (Fsp3) is 0.864. The summed E-state index contributed by atoms with van der Waals surface area (Å²) in [6.07, 6.45) is 3.38. The molecule has 0 spiro atoms. The number of amides is 3. The number of urea groups is 1. The molecular formula is C22H35N3O5. The molecule has 2 saturated heterocycles. The lowest BCUT2D eigenvalue weighted by atomic mass is 9.36. The maximum atomic E-state index is 13.1. The molecule has 8 nitrogen and oxygen atoms in total. The van der Waals surface area contributed by atoms with Gasteiger partial charge in [0.25, 0.3) is 0 Å². The first-order valence-electron chi connectivity index (χ1n) is 10.9. The minimum absolute atomic E-state index is 0.0234. The van der Waals surface area contributed by atoms with Gasteiger partial charge in [-0.3, -0.25) is 4.79 Å². The highest BCUT2D eigenvalue weighted by Gasteiger charge is 2.73. The van der Waals surface area contributed by atoms with Gasteiger partial charge in [0, 0.05) is 31.7 Å². The Kier molecular flexibility index (Phi) is 4.61. The van der Waals surface area contributed by atoms with Crippen LogP contribution in [-0.2, 0) is 14.3 Å². The van der Waals surface area contributed by atoms with Gasteiger partial charge in [0.1, 0.15) is 5.60 Å². The fourth-order valence-electron chi connectivity index (χ4n) is 6.29. The molecule has 2 aliphatic heterocycles. The van der Waals surface area contributed by atoms with E-state index in [4.69, 9.17) is 9.47 Å². The molecule has 168 valence electrons. The fourth-order valence-corrected chi connectivity index (χ4v) is 6.29. The number of rotatable bonds is 4. The van der Waals surface area contributed by atoms with E-state index in [0.29, 0.717) is 26.2 Å². The number of carbonyl (C=O) groups excluding carboxylic acids is 3. The summed E-state index contributed by atoms with van der Waals surface area (Å²) in [5, 5.41) is 0. The van der Waals surface area contributed by atoms with E-state index in [1.165, 1.54) is 7.11 Å². The van der Waals surface area contributed by atoms with E-state index in [-0.39, 0.29) is 35.1 Å². The van der Waals surface area contributed by atoms with Crippen LogP contribution >= 0.6 is 0 Å². The van der Waals surface area contributed by atoms with E-state index in [1.807, 2.05) is 44.4 Å². The third-order valence-corrected chi connectivity index (χ3v) is 7.24. The molecule has 5 fully saturated rings. The maximum absolute atomic E-state index is 13.1. The van der Waals surface area contributed by atoms with Crippen LogP contribution < -0.4 is 0 Å². The Morgan fingerprint density at radius 3 is 2.27 bits per heavy atom. The molecule has 3 saturated carbocycles. The van der Waals surface area contributed by atoms with Crippen LogP contribution in [-0.4, -0.2) is 83.3 Å². The van der Waals surface area contributed by atoms with Crippen molar-refractivity contribution in [2.75, 3.05) is 33.3 Å². The number of nitrogens with zero attached hydrogens (tertiary/aromatic N) is 3. The van der Waals surface area contributed by atoms with Crippen molar-refractivity contribution in [3.63, 3.8) is 0 Å². The normalized spacial score (nSPS) is 32.9. The third kappa shape index (κ3) is 3.32. The molecule has 5 rings (SSSR count). The summed E-state index contributed by atoms with van der Waals surface area (Å²) in [5.74, 6) is -0.169. The van der Waals surface area contributed by atoms with Gasteiger partial charge in [0.15, 0.2) is 0 Å². The highest BCUT2D eigenvalue weighted by atomic mass is 16.6.